The van der Waals surface area contributed by atoms with Crippen LogP contribution in [0.15, 0.2) is 47.4 Å². The van der Waals surface area contributed by atoms with E-state index >= 15 is 0 Å². The molecule has 1 aliphatic carbocycles. The van der Waals surface area contributed by atoms with Crippen molar-refractivity contribution in [3.8, 4) is 16.3 Å². The average molecular weight is 508 g/mol. The number of aliphatic carboxylic acids is 1. The van der Waals surface area contributed by atoms with Gasteiger partial charge >= 0.3 is 12.1 Å². The minimum atomic E-state index is -4.36. The quantitative estimate of drug-likeness (QED) is 0.319. The number of carboxylic acids is 1. The van der Waals surface area contributed by atoms with Crippen LogP contribution in [-0.4, -0.2) is 22.7 Å². The predicted octanol–water partition coefficient (Wildman–Crippen LogP) is 7.55. The molecule has 0 bridgehead atoms. The molecule has 1 aromatic heterocycles. The first kappa shape index (κ1) is 24.6. The maximum Gasteiger partial charge on any atom is 0.416 e. The third-order valence-electron chi connectivity index (χ3n) is 5.85. The van der Waals surface area contributed by atoms with Gasteiger partial charge in [-0.2, -0.15) is 13.2 Å². The first-order valence-corrected chi connectivity index (χ1v) is 12.8. The van der Waals surface area contributed by atoms with Gasteiger partial charge in [0.15, 0.2) is 6.61 Å². The van der Waals surface area contributed by atoms with Crippen molar-refractivity contribution in [3.63, 3.8) is 0 Å². The van der Waals surface area contributed by atoms with Gasteiger partial charge in [0.05, 0.1) is 11.3 Å². The van der Waals surface area contributed by atoms with Gasteiger partial charge in [-0.05, 0) is 61.6 Å². The van der Waals surface area contributed by atoms with E-state index in [-0.39, 0.29) is 6.61 Å². The van der Waals surface area contributed by atoms with Crippen LogP contribution in [0.5, 0.6) is 5.75 Å². The number of aryl methyl sites for hydroxylation is 1. The van der Waals surface area contributed by atoms with Gasteiger partial charge in [0.1, 0.15) is 10.8 Å². The van der Waals surface area contributed by atoms with E-state index in [9.17, 15) is 18.0 Å². The Hall–Kier alpha value is -2.52. The van der Waals surface area contributed by atoms with Crippen LogP contribution in [0.1, 0.15) is 53.3 Å². The van der Waals surface area contributed by atoms with Crippen LogP contribution < -0.4 is 4.74 Å². The van der Waals surface area contributed by atoms with E-state index in [2.05, 4.69) is 11.1 Å². The maximum absolute atomic E-state index is 12.8. The molecule has 1 saturated carbocycles. The molecule has 4 rings (SSSR count). The highest BCUT2D eigenvalue weighted by Gasteiger charge is 2.30. The fourth-order valence-corrected chi connectivity index (χ4v) is 6.24. The van der Waals surface area contributed by atoms with Crippen molar-refractivity contribution in [2.24, 2.45) is 0 Å². The average Bonchev–Trinajstić information content (AvgIpc) is 3.46. The molecule has 180 valence electrons. The topological polar surface area (TPSA) is 59.4 Å². The zero-order chi connectivity index (χ0) is 24.3. The summed E-state index contributed by atoms with van der Waals surface area (Å²) < 4.78 is 44.0. The smallest absolute Gasteiger partial charge is 0.416 e. The fraction of sp³-hybridized carbons (Fsp3) is 0.360. The molecule has 0 unspecified atom stereocenters. The van der Waals surface area contributed by atoms with Gasteiger partial charge in [-0.15, -0.1) is 23.1 Å². The molecular weight excluding hydrogens is 483 g/mol. The summed E-state index contributed by atoms with van der Waals surface area (Å²) in [6.45, 7) is 1.55. The summed E-state index contributed by atoms with van der Waals surface area (Å²) >= 11 is 3.14. The Morgan fingerprint density at radius 2 is 1.88 bits per heavy atom. The molecule has 34 heavy (non-hydrogen) atoms. The molecule has 1 fully saturated rings. The van der Waals surface area contributed by atoms with E-state index < -0.39 is 17.7 Å². The van der Waals surface area contributed by atoms with Gasteiger partial charge in [0.2, 0.25) is 0 Å². The van der Waals surface area contributed by atoms with E-state index in [1.165, 1.54) is 23.5 Å². The zero-order valence-corrected chi connectivity index (χ0v) is 20.2. The summed E-state index contributed by atoms with van der Waals surface area (Å²) in [4.78, 5) is 17.6. The minimum absolute atomic E-state index is 0.362. The second-order valence-electron chi connectivity index (χ2n) is 8.25. The molecular formula is C25H24F3NO3S2. The molecule has 0 spiro atoms. The van der Waals surface area contributed by atoms with Gasteiger partial charge in [-0.3, -0.25) is 0 Å². The molecule has 0 amide bonds. The van der Waals surface area contributed by atoms with Gasteiger partial charge in [-0.1, -0.05) is 25.0 Å². The molecule has 1 aliphatic rings. The lowest BCUT2D eigenvalue weighted by Crippen LogP contribution is -2.11. The number of thioether (sulfide) groups is 1. The number of nitrogens with zero attached hydrogens (tertiary/aromatic N) is 1. The lowest BCUT2D eigenvalue weighted by atomic mass is 9.97. The van der Waals surface area contributed by atoms with Gasteiger partial charge in [-0.25, -0.2) is 9.78 Å². The monoisotopic (exact) mass is 507 g/mol. The third kappa shape index (κ3) is 5.93. The maximum atomic E-state index is 12.8. The first-order chi connectivity index (χ1) is 16.2. The number of carboxylic acid groups (broad SMARTS) is 1. The Balaban J connectivity index is 1.48. The number of rotatable bonds is 8. The van der Waals surface area contributed by atoms with Crippen molar-refractivity contribution < 1.29 is 27.8 Å². The van der Waals surface area contributed by atoms with Gasteiger partial charge < -0.3 is 9.84 Å². The summed E-state index contributed by atoms with van der Waals surface area (Å²) in [6, 6.07) is 11.0. The van der Waals surface area contributed by atoms with Crippen LogP contribution in [0.4, 0.5) is 13.2 Å². The van der Waals surface area contributed by atoms with Crippen molar-refractivity contribution in [2.45, 2.75) is 55.3 Å². The highest BCUT2D eigenvalue weighted by atomic mass is 32.2. The second kappa shape index (κ2) is 10.4. The van der Waals surface area contributed by atoms with E-state index in [1.54, 1.807) is 11.8 Å². The molecule has 0 atom stereocenters. The number of halogens is 3. The van der Waals surface area contributed by atoms with Crippen LogP contribution in [0.3, 0.4) is 0 Å². The number of carbonyl (C=O) groups is 1. The zero-order valence-electron chi connectivity index (χ0n) is 18.5. The number of alkyl halides is 3. The normalized spacial score (nSPS) is 14.5. The van der Waals surface area contributed by atoms with E-state index in [0.717, 1.165) is 58.8 Å². The third-order valence-corrected chi connectivity index (χ3v) is 8.26. The Labute approximate surface area is 204 Å². The summed E-state index contributed by atoms with van der Waals surface area (Å²) in [5.74, 6) is 0.696. The molecule has 1 heterocycles. The number of hydrogen-bond acceptors (Lipinski definition) is 5. The van der Waals surface area contributed by atoms with Crippen molar-refractivity contribution in [1.82, 2.24) is 4.98 Å². The molecule has 1 N–H and O–H groups in total. The Morgan fingerprint density at radius 3 is 2.53 bits per heavy atom. The lowest BCUT2D eigenvalue weighted by Gasteiger charge is -2.17. The van der Waals surface area contributed by atoms with Crippen molar-refractivity contribution in [2.75, 3.05) is 6.61 Å². The Kier molecular flexibility index (Phi) is 7.52. The molecule has 0 aliphatic heterocycles. The highest BCUT2D eigenvalue weighted by Crippen LogP contribution is 2.41. The number of aromatic nitrogens is 1. The number of thiazole rings is 1. The Morgan fingerprint density at radius 1 is 1.18 bits per heavy atom. The molecule has 2 aromatic carbocycles. The lowest BCUT2D eigenvalue weighted by molar-refractivity contribution is -0.139. The molecule has 4 nitrogen and oxygen atoms in total. The van der Waals surface area contributed by atoms with Crippen LogP contribution in [-0.2, 0) is 16.7 Å². The highest BCUT2D eigenvalue weighted by molar-refractivity contribution is 7.98. The fourth-order valence-electron chi connectivity index (χ4n) is 4.08. The van der Waals surface area contributed by atoms with E-state index in [4.69, 9.17) is 9.84 Å². The van der Waals surface area contributed by atoms with Crippen molar-refractivity contribution in [3.05, 3.63) is 64.2 Å². The SMILES string of the molecule is Cc1nc(-c2ccc(C(F)(F)F)cc2)sc1CSc1ccc(OCC(=O)O)c(C2CCCC2)c1. The summed E-state index contributed by atoms with van der Waals surface area (Å²) in [5.41, 5.74) is 1.93. The summed E-state index contributed by atoms with van der Waals surface area (Å²) in [6.07, 6.45) is 0.106. The number of hydrogen-bond donors (Lipinski definition) is 1. The summed E-state index contributed by atoms with van der Waals surface area (Å²) in [7, 11) is 0. The van der Waals surface area contributed by atoms with E-state index in [1.807, 2.05) is 19.1 Å². The van der Waals surface area contributed by atoms with Crippen molar-refractivity contribution in [1.29, 1.82) is 0 Å². The first-order valence-electron chi connectivity index (χ1n) is 11.0. The molecule has 9 heteroatoms. The van der Waals surface area contributed by atoms with Crippen LogP contribution >= 0.6 is 23.1 Å². The Bertz CT molecular complexity index is 1150. The molecule has 0 radical (unpaired) electrons. The number of benzene rings is 2. The van der Waals surface area contributed by atoms with Crippen LogP contribution in [0.25, 0.3) is 10.6 Å². The predicted molar refractivity (Wildman–Crippen MR) is 128 cm³/mol. The standard InChI is InChI=1S/C25H24F3NO3S2/c1-15-22(34-24(29-15)17-6-8-18(9-7-17)25(26,27)28)14-33-19-10-11-21(32-13-23(30)31)20(12-19)16-4-2-3-5-16/h6-12,16H,2-5,13-14H2,1H3,(H,30,31). The van der Waals surface area contributed by atoms with E-state index in [0.29, 0.717) is 28.0 Å². The van der Waals surface area contributed by atoms with Crippen LogP contribution in [0.2, 0.25) is 0 Å². The molecule has 3 aromatic rings. The van der Waals surface area contributed by atoms with Gasteiger partial charge in [0, 0.05) is 21.1 Å². The summed E-state index contributed by atoms with van der Waals surface area (Å²) in [5, 5.41) is 9.67. The second-order valence-corrected chi connectivity index (χ2v) is 10.4. The largest absolute Gasteiger partial charge is 0.482 e. The van der Waals surface area contributed by atoms with Crippen LogP contribution in [0, 0.1) is 6.92 Å². The van der Waals surface area contributed by atoms with Crippen molar-refractivity contribution >= 4 is 29.1 Å². The number of ether oxygens (including phenoxy) is 1. The molecule has 0 saturated heterocycles. The van der Waals surface area contributed by atoms with Gasteiger partial charge in [0.25, 0.3) is 0 Å². The minimum Gasteiger partial charge on any atom is -0.482 e.